The molecule has 2 saturated carbocycles. The molecular weight excluding hydrogens is 1180 g/mol. The van der Waals surface area contributed by atoms with Gasteiger partial charge in [-0.3, -0.25) is 0 Å². The third-order valence-corrected chi connectivity index (χ3v) is 23.3. The predicted molar refractivity (Wildman–Crippen MR) is 405 cm³/mol. The monoisotopic (exact) mass is 1260 g/mol. The molecule has 0 amide bonds. The third-order valence-electron chi connectivity index (χ3n) is 23.3. The Hall–Kier alpha value is -10.4. The number of benzene rings is 11. The molecular formula is C92H79N3O2. The minimum atomic E-state index is -0.865. The van der Waals surface area contributed by atoms with Crippen molar-refractivity contribution in [1.29, 1.82) is 0 Å². The van der Waals surface area contributed by atoms with Crippen molar-refractivity contribution in [3.63, 3.8) is 0 Å². The van der Waals surface area contributed by atoms with Gasteiger partial charge in [-0.1, -0.05) is 241 Å². The van der Waals surface area contributed by atoms with Crippen LogP contribution in [0.25, 0.3) is 60.2 Å². The second-order valence-electron chi connectivity index (χ2n) is 28.4. The Bertz CT molecular complexity index is 5380. The van der Waals surface area contributed by atoms with Crippen LogP contribution in [0.5, 0.6) is 0 Å². The van der Waals surface area contributed by atoms with E-state index in [9.17, 15) is 0 Å². The minimum absolute atomic E-state index is 0.0515. The SMILES string of the molecule is CCc1ccc(N(C2=CC3=C(c4c(cc(N(c5ccc(CC)cc5)c5cccc6c5oc5c(C7CCCCC7)cccc56)c5ccccc45)C34c3ccccc3N(c3ccccc3)c3ccccc34)C3C2=CC=CC3C)c2cccc3c2oc2c(C4CCCCC4)cccc23)cc1. The topological polar surface area (TPSA) is 36.0 Å². The number of rotatable bonds is 11. The van der Waals surface area contributed by atoms with Crippen LogP contribution in [-0.2, 0) is 18.3 Å². The molecule has 13 aromatic rings. The van der Waals surface area contributed by atoms with Crippen LogP contribution in [0.3, 0.4) is 0 Å². The van der Waals surface area contributed by atoms with Gasteiger partial charge >= 0.3 is 0 Å². The van der Waals surface area contributed by atoms with Gasteiger partial charge in [0.25, 0.3) is 0 Å². The number of allylic oxidation sites excluding steroid dienone is 7. The first-order valence-electron chi connectivity index (χ1n) is 36.1. The van der Waals surface area contributed by atoms with Gasteiger partial charge in [0, 0.05) is 49.9 Å². The number of furan rings is 2. The highest BCUT2D eigenvalue weighted by Crippen LogP contribution is 2.69. The second kappa shape index (κ2) is 23.2. The molecule has 5 aliphatic carbocycles. The van der Waals surface area contributed by atoms with Crippen molar-refractivity contribution in [2.75, 3.05) is 14.7 Å². The summed E-state index contributed by atoms with van der Waals surface area (Å²) in [7, 11) is 0. The molecule has 0 saturated heterocycles. The molecule has 2 fully saturated rings. The normalized spacial score (nSPS) is 18.2. The Labute approximate surface area is 569 Å². The fraction of sp³-hybridized carbons (Fsp3) is 0.217. The number of aryl methyl sites for hydroxylation is 2. The number of fused-ring (bicyclic) bond motifs is 18. The van der Waals surface area contributed by atoms with Gasteiger partial charge in [0.05, 0.1) is 39.5 Å². The van der Waals surface area contributed by atoms with Crippen LogP contribution in [0.1, 0.15) is 141 Å². The maximum atomic E-state index is 7.57. The van der Waals surface area contributed by atoms with Crippen molar-refractivity contribution in [3.05, 3.63) is 316 Å². The second-order valence-corrected chi connectivity index (χ2v) is 28.4. The highest BCUT2D eigenvalue weighted by atomic mass is 16.3. The summed E-state index contributed by atoms with van der Waals surface area (Å²) in [6.45, 7) is 6.98. The van der Waals surface area contributed by atoms with Gasteiger partial charge in [0.15, 0.2) is 11.2 Å². The first-order chi connectivity index (χ1) is 48.0. The van der Waals surface area contributed by atoms with Crippen molar-refractivity contribution in [2.45, 2.75) is 115 Å². The van der Waals surface area contributed by atoms with Gasteiger partial charge < -0.3 is 23.5 Å². The zero-order chi connectivity index (χ0) is 64.5. The maximum Gasteiger partial charge on any atom is 0.159 e. The van der Waals surface area contributed by atoms with Crippen LogP contribution in [0.4, 0.5) is 45.5 Å². The number of hydrogen-bond acceptors (Lipinski definition) is 5. The fourth-order valence-corrected chi connectivity index (χ4v) is 18.8. The van der Waals surface area contributed by atoms with Crippen molar-refractivity contribution >= 4 is 106 Å². The molecule has 11 aromatic carbocycles. The average molecular weight is 1260 g/mol. The summed E-state index contributed by atoms with van der Waals surface area (Å²) < 4.78 is 15.1. The Balaban J connectivity index is 0.929. The molecule has 2 unspecified atom stereocenters. The summed E-state index contributed by atoms with van der Waals surface area (Å²) in [6.07, 6.45) is 24.2. The van der Waals surface area contributed by atoms with E-state index in [0.717, 1.165) is 97.1 Å². The van der Waals surface area contributed by atoms with E-state index in [4.69, 9.17) is 8.83 Å². The Morgan fingerprint density at radius 1 is 0.443 bits per heavy atom. The van der Waals surface area contributed by atoms with E-state index in [2.05, 4.69) is 290 Å². The van der Waals surface area contributed by atoms with Crippen LogP contribution >= 0.6 is 0 Å². The van der Waals surface area contributed by atoms with Gasteiger partial charge in [-0.15, -0.1) is 0 Å². The van der Waals surface area contributed by atoms with Gasteiger partial charge in [-0.2, -0.15) is 0 Å². The van der Waals surface area contributed by atoms with Gasteiger partial charge in [0.2, 0.25) is 0 Å². The molecule has 1 spiro atoms. The minimum Gasteiger partial charge on any atom is -0.454 e. The summed E-state index contributed by atoms with van der Waals surface area (Å²) in [4.78, 5) is 7.67. The molecule has 5 heteroatoms. The van der Waals surface area contributed by atoms with Crippen molar-refractivity contribution in [3.8, 4) is 0 Å². The van der Waals surface area contributed by atoms with Gasteiger partial charge in [-0.25, -0.2) is 0 Å². The van der Waals surface area contributed by atoms with Crippen LogP contribution in [0.15, 0.2) is 281 Å². The lowest BCUT2D eigenvalue weighted by Gasteiger charge is -2.47. The number of anilines is 8. The van der Waals surface area contributed by atoms with Crippen LogP contribution in [0, 0.1) is 11.8 Å². The van der Waals surface area contributed by atoms with Crippen molar-refractivity contribution < 1.29 is 8.83 Å². The smallest absolute Gasteiger partial charge is 0.159 e. The maximum absolute atomic E-state index is 7.57. The first kappa shape index (κ1) is 58.0. The lowest BCUT2D eigenvalue weighted by atomic mass is 9.62. The molecule has 0 N–H and O–H groups in total. The summed E-state index contributed by atoms with van der Waals surface area (Å²) >= 11 is 0. The lowest BCUT2D eigenvalue weighted by molar-refractivity contribution is 0.442. The lowest BCUT2D eigenvalue weighted by Crippen LogP contribution is -2.38. The predicted octanol–water partition coefficient (Wildman–Crippen LogP) is 25.7. The molecule has 2 aromatic heterocycles. The molecule has 1 aliphatic heterocycles. The van der Waals surface area contributed by atoms with Crippen molar-refractivity contribution in [1.82, 2.24) is 0 Å². The largest absolute Gasteiger partial charge is 0.454 e. The van der Waals surface area contributed by atoms with Gasteiger partial charge in [0.1, 0.15) is 11.2 Å². The van der Waals surface area contributed by atoms with E-state index < -0.39 is 5.41 Å². The third kappa shape index (κ3) is 8.82. The van der Waals surface area contributed by atoms with E-state index in [0.29, 0.717) is 11.8 Å². The highest BCUT2D eigenvalue weighted by molar-refractivity contribution is 6.16. The molecule has 19 rings (SSSR count). The zero-order valence-corrected chi connectivity index (χ0v) is 55.7. The van der Waals surface area contributed by atoms with E-state index in [1.807, 2.05) is 0 Å². The molecule has 5 nitrogen and oxygen atoms in total. The number of hydrogen-bond donors (Lipinski definition) is 0. The molecule has 474 valence electrons. The Kier molecular flexibility index (Phi) is 13.9. The molecule has 6 aliphatic rings. The number of para-hydroxylation sites is 7. The summed E-state index contributed by atoms with van der Waals surface area (Å²) in [6, 6.07) is 88.1. The highest BCUT2D eigenvalue weighted by Gasteiger charge is 2.57. The summed E-state index contributed by atoms with van der Waals surface area (Å²) in [5.41, 5.74) is 27.4. The van der Waals surface area contributed by atoms with Gasteiger partial charge in [-0.05, 0) is 196 Å². The molecule has 0 bridgehead atoms. The zero-order valence-electron chi connectivity index (χ0n) is 55.7. The molecule has 2 atom stereocenters. The standard InChI is InChI=1S/C92H79N3O2/c1-4-59-48-52-64(53-49-59)94(81-46-24-39-72-70-37-22-35-66(88(70)96-90(72)81)61-27-9-6-10-28-61)83-56-77-86(69-34-16-15-33-68(69)83)87-78(92(77)75-42-17-19-44-79(75)93(63-31-13-8-14-32-63)80-45-20-18-43-76(80)92)57-84(74-41-21-26-58(3)85(74)87)95(65-54-50-60(5-2)51-55-65)82-47-25-40-73-71-38-23-36-67(89(71)97-91(73)82)62-29-11-7-12-30-62/h8,13-26,31-58,61-62,85H,4-7,9-12,27-30H2,1-3H3. The van der Waals surface area contributed by atoms with Crippen LogP contribution in [-0.4, -0.2) is 0 Å². The Morgan fingerprint density at radius 3 is 1.49 bits per heavy atom. The fourth-order valence-electron chi connectivity index (χ4n) is 18.8. The van der Waals surface area contributed by atoms with Crippen LogP contribution < -0.4 is 14.7 Å². The van der Waals surface area contributed by atoms with Crippen LogP contribution in [0.2, 0.25) is 0 Å². The average Bonchev–Trinajstić information content (AvgIpc) is 1.52. The molecule has 0 radical (unpaired) electrons. The van der Waals surface area contributed by atoms with E-state index in [-0.39, 0.29) is 11.8 Å². The molecule has 3 heterocycles. The van der Waals surface area contributed by atoms with Crippen molar-refractivity contribution in [2.24, 2.45) is 11.8 Å². The quantitative estimate of drug-likeness (QED) is 0.129. The summed E-state index contributed by atoms with van der Waals surface area (Å²) in [5.74, 6) is 1.03. The Morgan fingerprint density at radius 2 is 0.928 bits per heavy atom. The number of nitrogens with zero attached hydrogens (tertiary/aromatic N) is 3. The van der Waals surface area contributed by atoms with E-state index >= 15 is 0 Å². The van der Waals surface area contributed by atoms with E-state index in [1.165, 1.54) is 147 Å². The summed E-state index contributed by atoms with van der Waals surface area (Å²) in [5, 5.41) is 7.09. The van der Waals surface area contributed by atoms with E-state index in [1.54, 1.807) is 0 Å². The molecule has 97 heavy (non-hydrogen) atoms. The first-order valence-corrected chi connectivity index (χ1v) is 36.1.